The van der Waals surface area contributed by atoms with E-state index in [1.807, 2.05) is 0 Å². The molecule has 0 saturated heterocycles. The van der Waals surface area contributed by atoms with Gasteiger partial charge in [0.15, 0.2) is 11.5 Å². The number of methoxy groups -OCH3 is 1. The van der Waals surface area contributed by atoms with Crippen LogP contribution in [-0.2, 0) is 0 Å². The number of halogens is 1. The smallest absolute Gasteiger partial charge is 0.165 e. The lowest BCUT2D eigenvalue weighted by Crippen LogP contribution is -1.86. The molecule has 0 fully saturated rings. The van der Waals surface area contributed by atoms with Crippen LogP contribution in [0.3, 0.4) is 0 Å². The number of benzene rings is 2. The van der Waals surface area contributed by atoms with Crippen molar-refractivity contribution in [3.05, 3.63) is 48.3 Å². The monoisotopic (exact) mass is 218 g/mol. The van der Waals surface area contributed by atoms with E-state index in [9.17, 15) is 9.50 Å². The second kappa shape index (κ2) is 4.23. The quantitative estimate of drug-likeness (QED) is 0.838. The van der Waals surface area contributed by atoms with E-state index < -0.39 is 0 Å². The molecule has 0 spiro atoms. The number of hydrogen-bond acceptors (Lipinski definition) is 2. The van der Waals surface area contributed by atoms with Crippen molar-refractivity contribution in [2.45, 2.75) is 0 Å². The lowest BCUT2D eigenvalue weighted by atomic mass is 10.0. The normalized spacial score (nSPS) is 10.1. The molecular formula is C13H11FO2. The fraction of sp³-hybridized carbons (Fsp3) is 0.0769. The van der Waals surface area contributed by atoms with Gasteiger partial charge in [0.25, 0.3) is 0 Å². The van der Waals surface area contributed by atoms with Crippen LogP contribution < -0.4 is 4.74 Å². The van der Waals surface area contributed by atoms with Crippen molar-refractivity contribution in [1.82, 2.24) is 0 Å². The summed E-state index contributed by atoms with van der Waals surface area (Å²) in [6, 6.07) is 11.2. The third-order valence-corrected chi connectivity index (χ3v) is 2.35. The van der Waals surface area contributed by atoms with E-state index in [0.717, 1.165) is 0 Å². The van der Waals surface area contributed by atoms with Crippen LogP contribution in [0, 0.1) is 5.82 Å². The molecule has 0 aliphatic heterocycles. The van der Waals surface area contributed by atoms with E-state index in [-0.39, 0.29) is 11.6 Å². The van der Waals surface area contributed by atoms with Crippen molar-refractivity contribution < 1.29 is 14.2 Å². The molecule has 2 aromatic carbocycles. The molecule has 0 unspecified atom stereocenters. The van der Waals surface area contributed by atoms with Gasteiger partial charge in [-0.05, 0) is 23.8 Å². The van der Waals surface area contributed by atoms with E-state index in [4.69, 9.17) is 4.74 Å². The Hall–Kier alpha value is -2.03. The number of aromatic hydroxyl groups is 1. The minimum atomic E-state index is -0.334. The van der Waals surface area contributed by atoms with Crippen molar-refractivity contribution in [1.29, 1.82) is 0 Å². The highest BCUT2D eigenvalue weighted by molar-refractivity contribution is 5.73. The first kappa shape index (κ1) is 10.5. The predicted octanol–water partition coefficient (Wildman–Crippen LogP) is 3.21. The lowest BCUT2D eigenvalue weighted by Gasteiger charge is -2.08. The molecular weight excluding hydrogens is 207 g/mol. The van der Waals surface area contributed by atoms with Gasteiger partial charge in [0.2, 0.25) is 0 Å². The zero-order valence-corrected chi connectivity index (χ0v) is 8.77. The summed E-state index contributed by atoms with van der Waals surface area (Å²) >= 11 is 0. The molecule has 0 aliphatic rings. The molecule has 16 heavy (non-hydrogen) atoms. The summed E-state index contributed by atoms with van der Waals surface area (Å²) < 4.78 is 18.0. The molecule has 0 bridgehead atoms. The Morgan fingerprint density at radius 2 is 1.88 bits per heavy atom. The summed E-state index contributed by atoms with van der Waals surface area (Å²) in [5, 5.41) is 9.89. The SMILES string of the molecule is COc1cccc(-c2cccc(F)c2)c1O. The van der Waals surface area contributed by atoms with Gasteiger partial charge < -0.3 is 9.84 Å². The van der Waals surface area contributed by atoms with Gasteiger partial charge in [0.05, 0.1) is 7.11 Å². The number of hydrogen-bond donors (Lipinski definition) is 1. The minimum absolute atomic E-state index is 0.0237. The average molecular weight is 218 g/mol. The number of phenolic OH excluding ortho intramolecular Hbond substituents is 1. The van der Waals surface area contributed by atoms with Crippen molar-refractivity contribution in [2.24, 2.45) is 0 Å². The second-order valence-corrected chi connectivity index (χ2v) is 3.37. The molecule has 0 saturated carbocycles. The van der Waals surface area contributed by atoms with Gasteiger partial charge in [0.1, 0.15) is 5.82 Å². The summed E-state index contributed by atoms with van der Waals surface area (Å²) in [7, 11) is 1.48. The highest BCUT2D eigenvalue weighted by atomic mass is 19.1. The Morgan fingerprint density at radius 1 is 1.12 bits per heavy atom. The first-order valence-corrected chi connectivity index (χ1v) is 4.84. The first-order chi connectivity index (χ1) is 7.72. The van der Waals surface area contributed by atoms with Crippen molar-refractivity contribution in [3.63, 3.8) is 0 Å². The number of para-hydroxylation sites is 1. The van der Waals surface area contributed by atoms with Crippen LogP contribution in [0.5, 0.6) is 11.5 Å². The highest BCUT2D eigenvalue weighted by Crippen LogP contribution is 2.36. The second-order valence-electron chi connectivity index (χ2n) is 3.37. The molecule has 0 amide bonds. The fourth-order valence-corrected chi connectivity index (χ4v) is 1.58. The fourth-order valence-electron chi connectivity index (χ4n) is 1.58. The third kappa shape index (κ3) is 1.84. The summed E-state index contributed by atoms with van der Waals surface area (Å²) in [6.45, 7) is 0. The molecule has 3 heteroatoms. The summed E-state index contributed by atoms with van der Waals surface area (Å²) in [6.07, 6.45) is 0. The van der Waals surface area contributed by atoms with Crippen LogP contribution >= 0.6 is 0 Å². The zero-order chi connectivity index (χ0) is 11.5. The molecule has 2 rings (SSSR count). The molecule has 0 atom stereocenters. The molecule has 0 heterocycles. The van der Waals surface area contributed by atoms with Crippen LogP contribution in [0.4, 0.5) is 4.39 Å². The summed E-state index contributed by atoms with van der Waals surface area (Å²) in [5.74, 6) is 0.0667. The van der Waals surface area contributed by atoms with E-state index >= 15 is 0 Å². The molecule has 0 radical (unpaired) electrons. The van der Waals surface area contributed by atoms with Gasteiger partial charge in [-0.15, -0.1) is 0 Å². The van der Waals surface area contributed by atoms with Crippen molar-refractivity contribution in [3.8, 4) is 22.6 Å². The Balaban J connectivity index is 2.56. The predicted molar refractivity (Wildman–Crippen MR) is 60.1 cm³/mol. The van der Waals surface area contributed by atoms with Gasteiger partial charge >= 0.3 is 0 Å². The Labute approximate surface area is 92.9 Å². The number of phenols is 1. The Bertz CT molecular complexity index is 509. The molecule has 0 aliphatic carbocycles. The molecule has 0 aromatic heterocycles. The van der Waals surface area contributed by atoms with E-state index in [0.29, 0.717) is 16.9 Å². The van der Waals surface area contributed by atoms with Gasteiger partial charge in [-0.1, -0.05) is 24.3 Å². The molecule has 2 aromatic rings. The zero-order valence-electron chi connectivity index (χ0n) is 8.77. The van der Waals surface area contributed by atoms with E-state index in [2.05, 4.69) is 0 Å². The van der Waals surface area contributed by atoms with Gasteiger partial charge in [-0.3, -0.25) is 0 Å². The Kier molecular flexibility index (Phi) is 2.77. The lowest BCUT2D eigenvalue weighted by molar-refractivity contribution is 0.374. The molecule has 2 nitrogen and oxygen atoms in total. The summed E-state index contributed by atoms with van der Waals surface area (Å²) in [4.78, 5) is 0. The van der Waals surface area contributed by atoms with Gasteiger partial charge in [-0.2, -0.15) is 0 Å². The summed E-state index contributed by atoms with van der Waals surface area (Å²) in [5.41, 5.74) is 1.18. The van der Waals surface area contributed by atoms with Crippen LogP contribution in [0.1, 0.15) is 0 Å². The maximum absolute atomic E-state index is 13.1. The Morgan fingerprint density at radius 3 is 2.56 bits per heavy atom. The van der Waals surface area contributed by atoms with E-state index in [1.54, 1.807) is 30.3 Å². The third-order valence-electron chi connectivity index (χ3n) is 2.35. The largest absolute Gasteiger partial charge is 0.504 e. The minimum Gasteiger partial charge on any atom is -0.504 e. The van der Waals surface area contributed by atoms with Crippen LogP contribution in [-0.4, -0.2) is 12.2 Å². The van der Waals surface area contributed by atoms with Gasteiger partial charge in [-0.25, -0.2) is 4.39 Å². The van der Waals surface area contributed by atoms with E-state index in [1.165, 1.54) is 19.2 Å². The highest BCUT2D eigenvalue weighted by Gasteiger charge is 2.09. The number of rotatable bonds is 2. The average Bonchev–Trinajstić information content (AvgIpc) is 2.29. The molecule has 1 N–H and O–H groups in total. The standard InChI is InChI=1S/C13H11FO2/c1-16-12-7-3-6-11(13(12)15)9-4-2-5-10(14)8-9/h2-8,15H,1H3. The van der Waals surface area contributed by atoms with Gasteiger partial charge in [0, 0.05) is 5.56 Å². The topological polar surface area (TPSA) is 29.5 Å². The maximum Gasteiger partial charge on any atom is 0.165 e. The van der Waals surface area contributed by atoms with Crippen molar-refractivity contribution >= 4 is 0 Å². The molecule has 82 valence electrons. The van der Waals surface area contributed by atoms with Crippen LogP contribution in [0.2, 0.25) is 0 Å². The van der Waals surface area contributed by atoms with Crippen LogP contribution in [0.25, 0.3) is 11.1 Å². The number of ether oxygens (including phenoxy) is 1. The van der Waals surface area contributed by atoms with Crippen LogP contribution in [0.15, 0.2) is 42.5 Å². The van der Waals surface area contributed by atoms with Crippen molar-refractivity contribution in [2.75, 3.05) is 7.11 Å². The first-order valence-electron chi connectivity index (χ1n) is 4.84. The maximum atomic E-state index is 13.1.